The zero-order valence-electron chi connectivity index (χ0n) is 11.0. The second kappa shape index (κ2) is 5.90. The summed E-state index contributed by atoms with van der Waals surface area (Å²) in [4.78, 5) is 2.18. The third-order valence-corrected chi connectivity index (χ3v) is 3.63. The van der Waals surface area contributed by atoms with Crippen molar-refractivity contribution in [3.8, 4) is 6.07 Å². The van der Waals surface area contributed by atoms with Crippen molar-refractivity contribution in [2.45, 2.75) is 13.5 Å². The van der Waals surface area contributed by atoms with E-state index in [9.17, 15) is 0 Å². The Morgan fingerprint density at radius 2 is 1.84 bits per heavy atom. The Hall–Kier alpha value is -1.79. The normalized spacial score (nSPS) is 10.0. The monoisotopic (exact) mass is 314 g/mol. The van der Waals surface area contributed by atoms with Gasteiger partial charge in [0.25, 0.3) is 0 Å². The van der Waals surface area contributed by atoms with Crippen molar-refractivity contribution in [2.24, 2.45) is 0 Å². The number of hydrogen-bond donors (Lipinski definition) is 0. The van der Waals surface area contributed by atoms with Gasteiger partial charge in [0.05, 0.1) is 11.6 Å². The molecule has 0 aliphatic carbocycles. The van der Waals surface area contributed by atoms with E-state index in [4.69, 9.17) is 5.26 Å². The largest absolute Gasteiger partial charge is 0.370 e. The van der Waals surface area contributed by atoms with Crippen LogP contribution in [0.2, 0.25) is 0 Å². The maximum atomic E-state index is 8.94. The Morgan fingerprint density at radius 3 is 2.42 bits per heavy atom. The molecule has 0 saturated carbocycles. The average molecular weight is 315 g/mol. The molecule has 3 heteroatoms. The number of nitriles is 1. The smallest absolute Gasteiger partial charge is 0.0994 e. The second-order valence-corrected chi connectivity index (χ2v) is 5.51. The van der Waals surface area contributed by atoms with E-state index in [0.29, 0.717) is 0 Å². The molecule has 2 nitrogen and oxygen atoms in total. The third kappa shape index (κ3) is 3.36. The fourth-order valence-corrected chi connectivity index (χ4v) is 2.23. The van der Waals surface area contributed by atoms with Gasteiger partial charge in [0.1, 0.15) is 0 Å². The number of benzene rings is 2. The highest BCUT2D eigenvalue weighted by Gasteiger charge is 2.05. The van der Waals surface area contributed by atoms with Crippen LogP contribution in [0, 0.1) is 18.3 Å². The SMILES string of the molecule is Cc1cc(N(C)Cc2ccc(Br)cc2)ccc1C#N. The van der Waals surface area contributed by atoms with Gasteiger partial charge in [-0.15, -0.1) is 0 Å². The molecule has 19 heavy (non-hydrogen) atoms. The van der Waals surface area contributed by atoms with Gasteiger partial charge in [0, 0.05) is 23.8 Å². The summed E-state index contributed by atoms with van der Waals surface area (Å²) >= 11 is 3.44. The minimum absolute atomic E-state index is 0.737. The molecule has 0 amide bonds. The lowest BCUT2D eigenvalue weighted by Crippen LogP contribution is -2.16. The summed E-state index contributed by atoms with van der Waals surface area (Å²) in [6.07, 6.45) is 0. The summed E-state index contributed by atoms with van der Waals surface area (Å²) in [6, 6.07) is 16.4. The molecule has 0 fully saturated rings. The van der Waals surface area contributed by atoms with Crippen LogP contribution in [0.25, 0.3) is 0 Å². The van der Waals surface area contributed by atoms with Gasteiger partial charge < -0.3 is 4.90 Å². The summed E-state index contributed by atoms with van der Waals surface area (Å²) in [5, 5.41) is 8.94. The van der Waals surface area contributed by atoms with Crippen LogP contribution >= 0.6 is 15.9 Å². The number of nitrogens with zero attached hydrogens (tertiary/aromatic N) is 2. The van der Waals surface area contributed by atoms with E-state index in [0.717, 1.165) is 27.8 Å². The summed E-state index contributed by atoms with van der Waals surface area (Å²) < 4.78 is 1.09. The highest BCUT2D eigenvalue weighted by molar-refractivity contribution is 9.10. The van der Waals surface area contributed by atoms with Gasteiger partial charge in [-0.05, 0) is 48.4 Å². The first-order valence-corrected chi connectivity index (χ1v) is 6.86. The molecule has 0 atom stereocenters. The lowest BCUT2D eigenvalue weighted by molar-refractivity contribution is 0.921. The van der Waals surface area contributed by atoms with Crippen LogP contribution in [0.4, 0.5) is 5.69 Å². The van der Waals surface area contributed by atoms with E-state index < -0.39 is 0 Å². The van der Waals surface area contributed by atoms with Crippen LogP contribution in [0.3, 0.4) is 0 Å². The van der Waals surface area contributed by atoms with E-state index in [2.05, 4.69) is 52.1 Å². The Morgan fingerprint density at radius 1 is 1.16 bits per heavy atom. The van der Waals surface area contributed by atoms with Crippen molar-refractivity contribution < 1.29 is 0 Å². The number of halogens is 1. The van der Waals surface area contributed by atoms with Crippen LogP contribution < -0.4 is 4.90 Å². The Balaban J connectivity index is 2.16. The van der Waals surface area contributed by atoms with Crippen molar-refractivity contribution in [2.75, 3.05) is 11.9 Å². The Labute approximate surface area is 122 Å². The Bertz CT molecular complexity index is 612. The van der Waals surface area contributed by atoms with E-state index in [1.54, 1.807) is 0 Å². The van der Waals surface area contributed by atoms with Gasteiger partial charge in [0.2, 0.25) is 0 Å². The van der Waals surface area contributed by atoms with Gasteiger partial charge in [-0.2, -0.15) is 5.26 Å². The molecular formula is C16H15BrN2. The fraction of sp³-hybridized carbons (Fsp3) is 0.188. The predicted octanol–water partition coefficient (Wildman–Crippen LogP) is 4.27. The fourth-order valence-electron chi connectivity index (χ4n) is 1.97. The summed E-state index contributed by atoms with van der Waals surface area (Å²) in [7, 11) is 2.06. The minimum atomic E-state index is 0.737. The third-order valence-electron chi connectivity index (χ3n) is 3.10. The van der Waals surface area contributed by atoms with E-state index >= 15 is 0 Å². The summed E-state index contributed by atoms with van der Waals surface area (Å²) in [6.45, 7) is 2.81. The lowest BCUT2D eigenvalue weighted by atomic mass is 10.1. The number of aryl methyl sites for hydroxylation is 1. The second-order valence-electron chi connectivity index (χ2n) is 4.59. The van der Waals surface area contributed by atoms with Crippen molar-refractivity contribution >= 4 is 21.6 Å². The van der Waals surface area contributed by atoms with Crippen LogP contribution in [0.1, 0.15) is 16.7 Å². The van der Waals surface area contributed by atoms with Gasteiger partial charge >= 0.3 is 0 Å². The van der Waals surface area contributed by atoms with E-state index in [1.165, 1.54) is 5.56 Å². The highest BCUT2D eigenvalue weighted by atomic mass is 79.9. The Kier molecular flexibility index (Phi) is 4.24. The van der Waals surface area contributed by atoms with Gasteiger partial charge in [-0.3, -0.25) is 0 Å². The van der Waals surface area contributed by atoms with Crippen molar-refractivity contribution in [3.05, 3.63) is 63.6 Å². The maximum absolute atomic E-state index is 8.94. The van der Waals surface area contributed by atoms with E-state index in [1.807, 2.05) is 31.2 Å². The molecule has 0 saturated heterocycles. The maximum Gasteiger partial charge on any atom is 0.0994 e. The van der Waals surface area contributed by atoms with Crippen LogP contribution in [-0.4, -0.2) is 7.05 Å². The van der Waals surface area contributed by atoms with Gasteiger partial charge in [-0.25, -0.2) is 0 Å². The van der Waals surface area contributed by atoms with Crippen molar-refractivity contribution in [1.29, 1.82) is 5.26 Å². The standard InChI is InChI=1S/C16H15BrN2/c1-12-9-16(8-5-14(12)10-18)19(2)11-13-3-6-15(17)7-4-13/h3-9H,11H2,1-2H3. The quantitative estimate of drug-likeness (QED) is 0.846. The number of rotatable bonds is 3. The minimum Gasteiger partial charge on any atom is -0.370 e. The molecule has 0 aliphatic rings. The topological polar surface area (TPSA) is 27.0 Å². The molecule has 0 aromatic heterocycles. The van der Waals surface area contributed by atoms with Crippen LogP contribution in [0.5, 0.6) is 0 Å². The zero-order valence-corrected chi connectivity index (χ0v) is 12.6. The molecule has 0 heterocycles. The first kappa shape index (κ1) is 13.6. The van der Waals surface area contributed by atoms with Gasteiger partial charge in [-0.1, -0.05) is 28.1 Å². The molecule has 0 spiro atoms. The van der Waals surface area contributed by atoms with E-state index in [-0.39, 0.29) is 0 Å². The summed E-state index contributed by atoms with van der Waals surface area (Å²) in [5.41, 5.74) is 4.13. The predicted molar refractivity (Wildman–Crippen MR) is 82.1 cm³/mol. The van der Waals surface area contributed by atoms with Gasteiger partial charge in [0.15, 0.2) is 0 Å². The van der Waals surface area contributed by atoms with Crippen LogP contribution in [0.15, 0.2) is 46.9 Å². The zero-order chi connectivity index (χ0) is 13.8. The molecule has 2 aromatic carbocycles. The van der Waals surface area contributed by atoms with Crippen molar-refractivity contribution in [1.82, 2.24) is 0 Å². The molecule has 0 unspecified atom stereocenters. The van der Waals surface area contributed by atoms with Crippen LogP contribution in [-0.2, 0) is 6.54 Å². The number of anilines is 1. The molecular weight excluding hydrogens is 300 g/mol. The first-order valence-electron chi connectivity index (χ1n) is 6.06. The molecule has 2 aromatic rings. The molecule has 0 bridgehead atoms. The highest BCUT2D eigenvalue weighted by Crippen LogP contribution is 2.20. The average Bonchev–Trinajstić information content (AvgIpc) is 2.41. The molecule has 2 rings (SSSR count). The summed E-state index contributed by atoms with van der Waals surface area (Å²) in [5.74, 6) is 0. The molecule has 0 radical (unpaired) electrons. The van der Waals surface area contributed by atoms with Crippen molar-refractivity contribution in [3.63, 3.8) is 0 Å². The molecule has 0 N–H and O–H groups in total. The number of hydrogen-bond acceptors (Lipinski definition) is 2. The molecule has 0 aliphatic heterocycles. The molecule has 96 valence electrons. The lowest BCUT2D eigenvalue weighted by Gasteiger charge is -2.20. The first-order chi connectivity index (χ1) is 9.10.